The maximum atomic E-state index is 13.8. The van der Waals surface area contributed by atoms with Crippen molar-refractivity contribution in [2.24, 2.45) is 13.0 Å². The van der Waals surface area contributed by atoms with E-state index < -0.39 is 22.2 Å². The number of carbonyl (C=O) groups excluding carboxylic acids is 2. The quantitative estimate of drug-likeness (QED) is 0.294. The van der Waals surface area contributed by atoms with Crippen LogP contribution in [-0.4, -0.2) is 78.0 Å². The Labute approximate surface area is 257 Å². The molecule has 0 unspecified atom stereocenters. The topological polar surface area (TPSA) is 121 Å². The van der Waals surface area contributed by atoms with E-state index in [0.717, 1.165) is 16.5 Å². The number of anilines is 1. The van der Waals surface area contributed by atoms with Crippen molar-refractivity contribution in [3.63, 3.8) is 0 Å². The van der Waals surface area contributed by atoms with Gasteiger partial charge in [-0.2, -0.15) is 4.31 Å². The van der Waals surface area contributed by atoms with E-state index in [0.29, 0.717) is 5.69 Å². The summed E-state index contributed by atoms with van der Waals surface area (Å²) < 4.78 is 36.1. The fraction of sp³-hybridized carbons (Fsp3) is 0.333. The zero-order chi connectivity index (χ0) is 31.6. The molecule has 10 nitrogen and oxygen atoms in total. The molecule has 0 saturated carbocycles. The predicted octanol–water partition coefficient (Wildman–Crippen LogP) is 3.90. The number of nitrogens with zero attached hydrogens (tertiary/aromatic N) is 3. The number of amides is 2. The van der Waals surface area contributed by atoms with Crippen LogP contribution in [0.3, 0.4) is 0 Å². The first-order valence-corrected chi connectivity index (χ1v) is 16.0. The standard InChI is InChI=1S/C33H38N4O6S/c1-22-18-37(23(2)21-38)33(40)28-17-25(34-32(39)16-24-19-35(3)29-13-9-8-12-27(24)29)14-15-30(28)43-31(22)20-36(4)44(41,42)26-10-6-5-7-11-26/h5-15,17,19,22-23,31,38H,16,18,20-21H2,1-4H3,(H,34,39)/t22-,23+,31-/m1/s1. The minimum absolute atomic E-state index is 0.0386. The van der Waals surface area contributed by atoms with Crippen LogP contribution < -0.4 is 10.1 Å². The summed E-state index contributed by atoms with van der Waals surface area (Å²) in [6, 6.07) is 20.4. The van der Waals surface area contributed by atoms with Crippen LogP contribution in [0.25, 0.3) is 10.9 Å². The third kappa shape index (κ3) is 6.35. The van der Waals surface area contributed by atoms with Gasteiger partial charge in [-0.3, -0.25) is 9.59 Å². The number of aryl methyl sites for hydroxylation is 1. The summed E-state index contributed by atoms with van der Waals surface area (Å²) in [6.45, 7) is 3.68. The first kappa shape index (κ1) is 31.2. The van der Waals surface area contributed by atoms with E-state index in [-0.39, 0.29) is 60.1 Å². The van der Waals surface area contributed by atoms with Crippen molar-refractivity contribution in [3.8, 4) is 5.75 Å². The molecule has 11 heteroatoms. The summed E-state index contributed by atoms with van der Waals surface area (Å²) in [6.07, 6.45) is 1.48. The fourth-order valence-corrected chi connectivity index (χ4v) is 6.79. The van der Waals surface area contributed by atoms with E-state index in [9.17, 15) is 23.1 Å². The second-order valence-corrected chi connectivity index (χ2v) is 13.5. The molecule has 3 atom stereocenters. The monoisotopic (exact) mass is 618 g/mol. The van der Waals surface area contributed by atoms with Crippen LogP contribution in [0.15, 0.2) is 83.9 Å². The molecule has 3 aromatic carbocycles. The summed E-state index contributed by atoms with van der Waals surface area (Å²) >= 11 is 0. The molecular weight excluding hydrogens is 580 g/mol. The Bertz CT molecular complexity index is 1770. The lowest BCUT2D eigenvalue weighted by molar-refractivity contribution is -0.115. The number of likely N-dealkylation sites (N-methyl/N-ethyl adjacent to an activating group) is 1. The van der Waals surface area contributed by atoms with E-state index in [1.165, 1.54) is 11.4 Å². The smallest absolute Gasteiger partial charge is 0.258 e. The molecule has 0 saturated heterocycles. The molecular formula is C33H38N4O6S. The Morgan fingerprint density at radius 2 is 1.82 bits per heavy atom. The van der Waals surface area contributed by atoms with Crippen molar-refractivity contribution in [2.45, 2.75) is 37.3 Å². The lowest BCUT2D eigenvalue weighted by Gasteiger charge is -2.38. The van der Waals surface area contributed by atoms with Crippen molar-refractivity contribution >= 4 is 38.4 Å². The van der Waals surface area contributed by atoms with Gasteiger partial charge in [-0.25, -0.2) is 8.42 Å². The number of rotatable bonds is 9. The number of hydrogen-bond donors (Lipinski definition) is 2. The maximum Gasteiger partial charge on any atom is 0.258 e. The number of aliphatic hydroxyl groups is 1. The van der Waals surface area contributed by atoms with Gasteiger partial charge in [0, 0.05) is 49.3 Å². The van der Waals surface area contributed by atoms with Gasteiger partial charge in [-0.15, -0.1) is 0 Å². The van der Waals surface area contributed by atoms with Gasteiger partial charge in [0.2, 0.25) is 15.9 Å². The van der Waals surface area contributed by atoms with Crippen molar-refractivity contribution in [3.05, 3.63) is 90.1 Å². The van der Waals surface area contributed by atoms with Crippen molar-refractivity contribution in [1.29, 1.82) is 0 Å². The first-order valence-electron chi connectivity index (χ1n) is 14.6. The first-order chi connectivity index (χ1) is 21.0. The number of para-hydroxylation sites is 1. The van der Waals surface area contributed by atoms with Gasteiger partial charge >= 0.3 is 0 Å². The van der Waals surface area contributed by atoms with Gasteiger partial charge in [0.1, 0.15) is 11.9 Å². The van der Waals surface area contributed by atoms with Gasteiger partial charge in [0.15, 0.2) is 0 Å². The third-order valence-electron chi connectivity index (χ3n) is 8.17. The number of aliphatic hydroxyl groups excluding tert-OH is 1. The van der Waals surface area contributed by atoms with Crippen LogP contribution in [-0.2, 0) is 28.3 Å². The highest BCUT2D eigenvalue weighted by atomic mass is 32.2. The Morgan fingerprint density at radius 1 is 1.11 bits per heavy atom. The number of nitrogens with one attached hydrogen (secondary N) is 1. The second-order valence-electron chi connectivity index (χ2n) is 11.4. The highest BCUT2D eigenvalue weighted by molar-refractivity contribution is 7.89. The number of fused-ring (bicyclic) bond motifs is 2. The molecule has 0 bridgehead atoms. The summed E-state index contributed by atoms with van der Waals surface area (Å²) in [5.41, 5.74) is 2.57. The maximum absolute atomic E-state index is 13.8. The number of sulfonamides is 1. The number of ether oxygens (including phenoxy) is 1. The van der Waals surface area contributed by atoms with Crippen LogP contribution in [0.5, 0.6) is 5.75 Å². The zero-order valence-electron chi connectivity index (χ0n) is 25.3. The molecule has 1 aliphatic rings. The van der Waals surface area contributed by atoms with Gasteiger partial charge in [-0.05, 0) is 48.9 Å². The molecule has 4 aromatic rings. The van der Waals surface area contributed by atoms with Crippen LogP contribution in [0.4, 0.5) is 5.69 Å². The summed E-state index contributed by atoms with van der Waals surface area (Å²) in [7, 11) is -0.337. The minimum Gasteiger partial charge on any atom is -0.488 e. The molecule has 2 amide bonds. The fourth-order valence-electron chi connectivity index (χ4n) is 5.59. The molecule has 0 spiro atoms. The lowest BCUT2D eigenvalue weighted by atomic mass is 9.99. The van der Waals surface area contributed by atoms with Crippen LogP contribution in [0, 0.1) is 5.92 Å². The van der Waals surface area contributed by atoms with E-state index in [2.05, 4.69) is 5.32 Å². The van der Waals surface area contributed by atoms with E-state index in [4.69, 9.17) is 4.74 Å². The molecule has 232 valence electrons. The number of aromatic nitrogens is 1. The van der Waals surface area contributed by atoms with Crippen LogP contribution >= 0.6 is 0 Å². The second kappa shape index (κ2) is 12.8. The SMILES string of the molecule is C[C@@H]1CN([C@@H](C)CO)C(=O)c2cc(NC(=O)Cc3cn(C)c4ccccc34)ccc2O[C@@H]1CN(C)S(=O)(=O)c1ccccc1. The number of carbonyl (C=O) groups is 2. The van der Waals surface area contributed by atoms with Crippen LogP contribution in [0.1, 0.15) is 29.8 Å². The Hall–Kier alpha value is -4.19. The average molecular weight is 619 g/mol. The van der Waals surface area contributed by atoms with Gasteiger partial charge in [0.05, 0.1) is 36.1 Å². The highest BCUT2D eigenvalue weighted by Gasteiger charge is 2.35. The zero-order valence-corrected chi connectivity index (χ0v) is 26.1. The molecule has 2 N–H and O–H groups in total. The van der Waals surface area contributed by atoms with Crippen molar-refractivity contribution in [1.82, 2.24) is 13.8 Å². The molecule has 0 radical (unpaired) electrons. The minimum atomic E-state index is -3.78. The van der Waals surface area contributed by atoms with Gasteiger partial charge in [0.25, 0.3) is 5.91 Å². The van der Waals surface area contributed by atoms with Crippen molar-refractivity contribution in [2.75, 3.05) is 32.1 Å². The number of benzene rings is 3. The molecule has 5 rings (SSSR count). The van der Waals surface area contributed by atoms with E-state index >= 15 is 0 Å². The average Bonchev–Trinajstić information content (AvgIpc) is 3.33. The molecule has 2 heterocycles. The molecule has 1 aromatic heterocycles. The molecule has 0 aliphatic carbocycles. The van der Waals surface area contributed by atoms with E-state index in [1.54, 1.807) is 60.4 Å². The lowest BCUT2D eigenvalue weighted by Crippen LogP contribution is -2.50. The Kier molecular flexibility index (Phi) is 9.10. The predicted molar refractivity (Wildman–Crippen MR) is 169 cm³/mol. The highest BCUT2D eigenvalue weighted by Crippen LogP contribution is 2.31. The normalized spacial score (nSPS) is 18.0. The Balaban J connectivity index is 1.41. The summed E-state index contributed by atoms with van der Waals surface area (Å²) in [4.78, 5) is 28.7. The molecule has 0 fully saturated rings. The third-order valence-corrected chi connectivity index (χ3v) is 10.0. The van der Waals surface area contributed by atoms with E-state index in [1.807, 2.05) is 49.0 Å². The Morgan fingerprint density at radius 3 is 2.55 bits per heavy atom. The van der Waals surface area contributed by atoms with Gasteiger partial charge in [-0.1, -0.05) is 43.3 Å². The van der Waals surface area contributed by atoms with Gasteiger partial charge < -0.3 is 24.6 Å². The summed E-state index contributed by atoms with van der Waals surface area (Å²) in [5.74, 6) is -0.573. The van der Waals surface area contributed by atoms with Crippen LogP contribution in [0.2, 0.25) is 0 Å². The molecule has 44 heavy (non-hydrogen) atoms. The number of hydrogen-bond acceptors (Lipinski definition) is 6. The van der Waals surface area contributed by atoms with Crippen molar-refractivity contribution < 1.29 is 27.9 Å². The summed E-state index contributed by atoms with van der Waals surface area (Å²) in [5, 5.41) is 13.9. The largest absolute Gasteiger partial charge is 0.488 e. The molecule has 1 aliphatic heterocycles.